The Hall–Kier alpha value is -1.27. The second-order valence-corrected chi connectivity index (χ2v) is 4.93. The fraction of sp³-hybridized carbons (Fsp3) is 0.846. The van der Waals surface area contributed by atoms with Gasteiger partial charge in [0.1, 0.15) is 12.0 Å². The van der Waals surface area contributed by atoms with Crippen molar-refractivity contribution in [3.8, 4) is 0 Å². The predicted molar refractivity (Wildman–Crippen MR) is 63.7 cm³/mol. The molecule has 0 aliphatic heterocycles. The molecule has 0 aromatic carbocycles. The van der Waals surface area contributed by atoms with Crippen LogP contribution in [-0.4, -0.2) is 30.8 Å². The molecule has 1 fully saturated rings. The van der Waals surface area contributed by atoms with E-state index in [1.54, 1.807) is 6.92 Å². The Morgan fingerprint density at radius 2 is 1.75 bits per heavy atom. The molecule has 7 heteroatoms. The van der Waals surface area contributed by atoms with Crippen LogP contribution < -0.4 is 0 Å². The van der Waals surface area contributed by atoms with Gasteiger partial charge in [-0.1, -0.05) is 0 Å². The number of alkyl halides is 3. The summed E-state index contributed by atoms with van der Waals surface area (Å²) in [6.45, 7) is 2.80. The van der Waals surface area contributed by atoms with Crippen molar-refractivity contribution in [2.24, 2.45) is 11.8 Å². The van der Waals surface area contributed by atoms with Crippen LogP contribution in [0.2, 0.25) is 0 Å². The number of ether oxygens (including phenoxy) is 2. The molecule has 0 radical (unpaired) electrons. The van der Waals surface area contributed by atoms with Crippen molar-refractivity contribution in [3.63, 3.8) is 0 Å². The highest BCUT2D eigenvalue weighted by Gasteiger charge is 2.43. The van der Waals surface area contributed by atoms with Gasteiger partial charge in [0.05, 0.1) is 12.5 Å². The number of esters is 2. The summed E-state index contributed by atoms with van der Waals surface area (Å²) in [5, 5.41) is 0. The molecule has 0 aromatic heterocycles. The summed E-state index contributed by atoms with van der Waals surface area (Å²) >= 11 is 0. The van der Waals surface area contributed by atoms with Gasteiger partial charge in [-0.2, -0.15) is 13.2 Å². The summed E-state index contributed by atoms with van der Waals surface area (Å²) in [6, 6.07) is 0. The fourth-order valence-corrected chi connectivity index (χ4v) is 2.08. The van der Waals surface area contributed by atoms with Crippen LogP contribution in [-0.2, 0) is 19.1 Å². The summed E-state index contributed by atoms with van der Waals surface area (Å²) in [4.78, 5) is 22.8. The highest BCUT2D eigenvalue weighted by molar-refractivity contribution is 5.73. The number of hydrogen-bond acceptors (Lipinski definition) is 4. The molecule has 0 bridgehead atoms. The Bertz CT molecular complexity index is 346. The monoisotopic (exact) mass is 296 g/mol. The third-order valence-corrected chi connectivity index (χ3v) is 3.42. The third-order valence-electron chi connectivity index (χ3n) is 3.42. The molecule has 1 rings (SSSR count). The van der Waals surface area contributed by atoms with Crippen LogP contribution in [0.5, 0.6) is 0 Å². The Morgan fingerprint density at radius 1 is 1.20 bits per heavy atom. The molecule has 4 nitrogen and oxygen atoms in total. The van der Waals surface area contributed by atoms with Crippen molar-refractivity contribution in [1.29, 1.82) is 0 Å². The van der Waals surface area contributed by atoms with Crippen LogP contribution in [0.3, 0.4) is 0 Å². The van der Waals surface area contributed by atoms with E-state index in [0.717, 1.165) is 6.92 Å². The number of rotatable bonds is 4. The molecular weight excluding hydrogens is 277 g/mol. The minimum absolute atomic E-state index is 0.245. The minimum Gasteiger partial charge on any atom is -0.466 e. The quantitative estimate of drug-likeness (QED) is 0.749. The van der Waals surface area contributed by atoms with Crippen molar-refractivity contribution in [3.05, 3.63) is 0 Å². The van der Waals surface area contributed by atoms with Gasteiger partial charge in [0, 0.05) is 0 Å². The van der Waals surface area contributed by atoms with Gasteiger partial charge in [-0.15, -0.1) is 0 Å². The SMILES string of the molecule is CCOC(=O)C1CCC(OC(=O)C(C)C(F)(F)F)CC1. The maximum Gasteiger partial charge on any atom is 0.401 e. The zero-order valence-electron chi connectivity index (χ0n) is 11.5. The van der Waals surface area contributed by atoms with E-state index < -0.39 is 24.2 Å². The molecule has 1 atom stereocenters. The van der Waals surface area contributed by atoms with Crippen molar-refractivity contribution >= 4 is 11.9 Å². The van der Waals surface area contributed by atoms with E-state index in [2.05, 4.69) is 0 Å². The van der Waals surface area contributed by atoms with Crippen molar-refractivity contribution in [1.82, 2.24) is 0 Å². The highest BCUT2D eigenvalue weighted by Crippen LogP contribution is 2.31. The Kier molecular flexibility index (Phi) is 5.83. The van der Waals surface area contributed by atoms with E-state index in [-0.39, 0.29) is 11.9 Å². The van der Waals surface area contributed by atoms with Crippen LogP contribution in [0.1, 0.15) is 39.5 Å². The van der Waals surface area contributed by atoms with Gasteiger partial charge in [-0.3, -0.25) is 9.59 Å². The van der Waals surface area contributed by atoms with Crippen LogP contribution in [0.15, 0.2) is 0 Å². The number of halogens is 3. The smallest absolute Gasteiger partial charge is 0.401 e. The van der Waals surface area contributed by atoms with Gasteiger partial charge < -0.3 is 9.47 Å². The van der Waals surface area contributed by atoms with E-state index in [1.165, 1.54) is 0 Å². The topological polar surface area (TPSA) is 52.6 Å². The lowest BCUT2D eigenvalue weighted by Gasteiger charge is -2.28. The Labute approximate surface area is 115 Å². The molecule has 1 aliphatic carbocycles. The summed E-state index contributed by atoms with van der Waals surface area (Å²) < 4.78 is 46.8. The van der Waals surface area contributed by atoms with Gasteiger partial charge in [-0.25, -0.2) is 0 Å². The Morgan fingerprint density at radius 3 is 2.20 bits per heavy atom. The number of carbonyl (C=O) groups is 2. The molecule has 20 heavy (non-hydrogen) atoms. The number of hydrogen-bond donors (Lipinski definition) is 0. The second kappa shape index (κ2) is 6.95. The van der Waals surface area contributed by atoms with Crippen LogP contribution in [0.25, 0.3) is 0 Å². The van der Waals surface area contributed by atoms with Crippen molar-refractivity contribution < 1.29 is 32.2 Å². The van der Waals surface area contributed by atoms with Gasteiger partial charge in [-0.05, 0) is 39.5 Å². The van der Waals surface area contributed by atoms with Crippen LogP contribution in [0.4, 0.5) is 13.2 Å². The highest BCUT2D eigenvalue weighted by atomic mass is 19.4. The maximum atomic E-state index is 12.3. The molecular formula is C13H19F3O4. The lowest BCUT2D eigenvalue weighted by molar-refractivity contribution is -0.198. The predicted octanol–water partition coefficient (Wildman–Crippen LogP) is 2.85. The lowest BCUT2D eigenvalue weighted by atomic mass is 9.87. The molecule has 0 amide bonds. The minimum atomic E-state index is -4.58. The zero-order valence-corrected chi connectivity index (χ0v) is 11.5. The molecule has 1 unspecified atom stereocenters. The molecule has 1 aliphatic rings. The van der Waals surface area contributed by atoms with Crippen molar-refractivity contribution in [2.45, 2.75) is 51.8 Å². The van der Waals surface area contributed by atoms with E-state index in [4.69, 9.17) is 9.47 Å². The molecule has 0 saturated heterocycles. The Balaban J connectivity index is 2.39. The van der Waals surface area contributed by atoms with E-state index in [1.807, 2.05) is 0 Å². The molecule has 116 valence electrons. The van der Waals surface area contributed by atoms with Gasteiger partial charge >= 0.3 is 18.1 Å². The first kappa shape index (κ1) is 16.8. The first-order valence-corrected chi connectivity index (χ1v) is 6.69. The molecule has 0 aromatic rings. The van der Waals surface area contributed by atoms with E-state index in [0.29, 0.717) is 32.3 Å². The summed E-state index contributed by atoms with van der Waals surface area (Å²) in [7, 11) is 0. The standard InChI is InChI=1S/C13H19F3O4/c1-3-19-12(18)9-4-6-10(7-5-9)20-11(17)8(2)13(14,15)16/h8-10H,3-7H2,1-2H3. The van der Waals surface area contributed by atoms with Crippen molar-refractivity contribution in [2.75, 3.05) is 6.61 Å². The van der Waals surface area contributed by atoms with E-state index >= 15 is 0 Å². The largest absolute Gasteiger partial charge is 0.466 e. The van der Waals surface area contributed by atoms with Crippen LogP contribution >= 0.6 is 0 Å². The first-order valence-electron chi connectivity index (χ1n) is 6.69. The first-order chi connectivity index (χ1) is 9.25. The lowest BCUT2D eigenvalue weighted by Crippen LogP contribution is -2.34. The zero-order chi connectivity index (χ0) is 15.3. The summed E-state index contributed by atoms with van der Waals surface area (Å²) in [5.41, 5.74) is 0. The normalized spacial score (nSPS) is 24.9. The third kappa shape index (κ3) is 4.68. The second-order valence-electron chi connectivity index (χ2n) is 4.93. The van der Waals surface area contributed by atoms with Gasteiger partial charge in [0.25, 0.3) is 0 Å². The summed E-state index contributed by atoms with van der Waals surface area (Å²) in [5.74, 6) is -3.91. The average Bonchev–Trinajstić information content (AvgIpc) is 2.37. The summed E-state index contributed by atoms with van der Waals surface area (Å²) in [6.07, 6.45) is -3.41. The molecule has 1 saturated carbocycles. The molecule has 0 N–H and O–H groups in total. The molecule has 0 spiro atoms. The molecule has 0 heterocycles. The van der Waals surface area contributed by atoms with E-state index in [9.17, 15) is 22.8 Å². The van der Waals surface area contributed by atoms with Crippen LogP contribution in [0, 0.1) is 11.8 Å². The maximum absolute atomic E-state index is 12.3. The average molecular weight is 296 g/mol. The fourth-order valence-electron chi connectivity index (χ4n) is 2.08. The van der Waals surface area contributed by atoms with Gasteiger partial charge in [0.15, 0.2) is 0 Å². The number of carbonyl (C=O) groups excluding carboxylic acids is 2. The van der Waals surface area contributed by atoms with Gasteiger partial charge in [0.2, 0.25) is 0 Å².